The van der Waals surface area contributed by atoms with Crippen LogP contribution in [-0.2, 0) is 11.8 Å². The lowest BCUT2D eigenvalue weighted by Gasteiger charge is -1.97. The van der Waals surface area contributed by atoms with Crippen molar-refractivity contribution in [3.05, 3.63) is 30.5 Å². The van der Waals surface area contributed by atoms with Gasteiger partial charge in [0.15, 0.2) is 0 Å². The molecule has 1 aromatic heterocycles. The Morgan fingerprint density at radius 2 is 2.07 bits per heavy atom. The zero-order valence-electron chi connectivity index (χ0n) is 8.24. The number of aromatic nitrogens is 1. The molecule has 14 heavy (non-hydrogen) atoms. The molecule has 0 unspecified atom stereocenters. The summed E-state index contributed by atoms with van der Waals surface area (Å²) in [6.07, 6.45) is 1.92. The van der Waals surface area contributed by atoms with Crippen molar-refractivity contribution in [2.24, 2.45) is 7.05 Å². The third kappa shape index (κ3) is 1.37. The van der Waals surface area contributed by atoms with E-state index in [-0.39, 0.29) is 5.91 Å². The molecule has 0 fully saturated rings. The highest BCUT2D eigenvalue weighted by molar-refractivity contribution is 6.01. The topological polar surface area (TPSA) is 34.0 Å². The molecule has 0 bridgehead atoms. The Morgan fingerprint density at radius 1 is 1.36 bits per heavy atom. The molecule has 2 aromatic rings. The second-order valence-corrected chi connectivity index (χ2v) is 3.35. The van der Waals surface area contributed by atoms with Crippen LogP contribution in [0.25, 0.3) is 10.9 Å². The predicted molar refractivity (Wildman–Crippen MR) is 57.2 cm³/mol. The van der Waals surface area contributed by atoms with Gasteiger partial charge in [0.1, 0.15) is 0 Å². The van der Waals surface area contributed by atoms with Crippen LogP contribution < -0.4 is 5.32 Å². The maximum absolute atomic E-state index is 10.9. The van der Waals surface area contributed by atoms with Crippen molar-refractivity contribution in [1.82, 2.24) is 4.57 Å². The van der Waals surface area contributed by atoms with Crippen molar-refractivity contribution >= 4 is 22.5 Å². The fourth-order valence-electron chi connectivity index (χ4n) is 1.63. The average molecular weight is 188 g/mol. The van der Waals surface area contributed by atoms with Gasteiger partial charge in [-0.05, 0) is 6.07 Å². The Kier molecular flexibility index (Phi) is 2.00. The maximum Gasteiger partial charge on any atom is 0.221 e. The molecule has 0 atom stereocenters. The number of nitrogens with one attached hydrogen (secondary N) is 1. The van der Waals surface area contributed by atoms with Gasteiger partial charge in [0.05, 0.1) is 5.69 Å². The molecular weight excluding hydrogens is 176 g/mol. The Labute approximate surface area is 82.3 Å². The fraction of sp³-hybridized carbons (Fsp3) is 0.182. The van der Waals surface area contributed by atoms with Gasteiger partial charge in [-0.1, -0.05) is 18.2 Å². The van der Waals surface area contributed by atoms with Crippen LogP contribution in [0.2, 0.25) is 0 Å². The Morgan fingerprint density at radius 3 is 2.79 bits per heavy atom. The summed E-state index contributed by atoms with van der Waals surface area (Å²) in [6.45, 7) is 1.52. The van der Waals surface area contributed by atoms with Gasteiger partial charge >= 0.3 is 0 Å². The summed E-state index contributed by atoms with van der Waals surface area (Å²) < 4.78 is 2.00. The largest absolute Gasteiger partial charge is 0.348 e. The first-order valence-corrected chi connectivity index (χ1v) is 4.50. The van der Waals surface area contributed by atoms with E-state index in [2.05, 4.69) is 5.32 Å². The fourth-order valence-corrected chi connectivity index (χ4v) is 1.63. The minimum Gasteiger partial charge on any atom is -0.348 e. The minimum atomic E-state index is -0.0404. The number of rotatable bonds is 1. The molecule has 0 spiro atoms. The van der Waals surface area contributed by atoms with Crippen molar-refractivity contribution in [1.29, 1.82) is 0 Å². The highest BCUT2D eigenvalue weighted by Gasteiger charge is 2.05. The van der Waals surface area contributed by atoms with Crippen molar-refractivity contribution in [2.45, 2.75) is 6.92 Å². The number of carbonyl (C=O) groups excluding carboxylic acids is 1. The predicted octanol–water partition coefficient (Wildman–Crippen LogP) is 2.14. The van der Waals surface area contributed by atoms with Crippen LogP contribution in [0.5, 0.6) is 0 Å². The number of fused-ring (bicyclic) bond motifs is 1. The second kappa shape index (κ2) is 3.18. The second-order valence-electron chi connectivity index (χ2n) is 3.35. The lowest BCUT2D eigenvalue weighted by atomic mass is 10.2. The van der Waals surface area contributed by atoms with E-state index in [1.807, 2.05) is 42.1 Å². The zero-order valence-corrected chi connectivity index (χ0v) is 8.24. The van der Waals surface area contributed by atoms with Gasteiger partial charge in [-0.15, -0.1) is 0 Å². The normalized spacial score (nSPS) is 10.4. The highest BCUT2D eigenvalue weighted by atomic mass is 16.1. The van der Waals surface area contributed by atoms with Crippen LogP contribution in [0.4, 0.5) is 5.69 Å². The van der Waals surface area contributed by atoms with Crippen LogP contribution in [0.3, 0.4) is 0 Å². The third-order valence-electron chi connectivity index (χ3n) is 2.21. The number of hydrogen-bond donors (Lipinski definition) is 1. The molecule has 3 nitrogen and oxygen atoms in total. The smallest absolute Gasteiger partial charge is 0.221 e. The molecule has 0 radical (unpaired) electrons. The Balaban J connectivity index is 2.60. The summed E-state index contributed by atoms with van der Waals surface area (Å²) in [5, 5.41) is 3.88. The van der Waals surface area contributed by atoms with Gasteiger partial charge in [0.2, 0.25) is 5.91 Å². The van der Waals surface area contributed by atoms with E-state index in [1.165, 1.54) is 6.92 Å². The number of carbonyl (C=O) groups is 1. The Hall–Kier alpha value is -1.77. The zero-order chi connectivity index (χ0) is 10.1. The van der Waals surface area contributed by atoms with Gasteiger partial charge in [0, 0.05) is 31.1 Å². The summed E-state index contributed by atoms with van der Waals surface area (Å²) in [5.74, 6) is -0.0404. The molecule has 3 heteroatoms. The van der Waals surface area contributed by atoms with Gasteiger partial charge in [0.25, 0.3) is 0 Å². The number of nitrogens with zero attached hydrogens (tertiary/aromatic N) is 1. The maximum atomic E-state index is 10.9. The van der Waals surface area contributed by atoms with Crippen molar-refractivity contribution in [2.75, 3.05) is 5.32 Å². The van der Waals surface area contributed by atoms with Gasteiger partial charge < -0.3 is 9.88 Å². The van der Waals surface area contributed by atoms with E-state index in [0.717, 1.165) is 16.6 Å². The molecule has 0 aliphatic rings. The molecular formula is C11H12N2O. The summed E-state index contributed by atoms with van der Waals surface area (Å²) in [7, 11) is 1.97. The summed E-state index contributed by atoms with van der Waals surface area (Å²) in [4.78, 5) is 10.9. The monoisotopic (exact) mass is 188 g/mol. The van der Waals surface area contributed by atoms with E-state index in [1.54, 1.807) is 0 Å². The molecule has 0 saturated carbocycles. The van der Waals surface area contributed by atoms with Gasteiger partial charge in [-0.2, -0.15) is 0 Å². The number of anilines is 1. The van der Waals surface area contributed by atoms with E-state index in [9.17, 15) is 4.79 Å². The molecule has 0 aliphatic carbocycles. The lowest BCUT2D eigenvalue weighted by Crippen LogP contribution is -2.04. The molecule has 2 rings (SSSR count). The van der Waals surface area contributed by atoms with E-state index >= 15 is 0 Å². The SMILES string of the molecule is CC(=O)Nc1cn(C)c2ccccc12. The molecule has 1 amide bonds. The van der Waals surface area contributed by atoms with E-state index in [0.29, 0.717) is 0 Å². The molecule has 0 aliphatic heterocycles. The quantitative estimate of drug-likeness (QED) is 0.730. The van der Waals surface area contributed by atoms with Crippen molar-refractivity contribution in [3.63, 3.8) is 0 Å². The molecule has 1 aromatic carbocycles. The van der Waals surface area contributed by atoms with Crippen molar-refractivity contribution < 1.29 is 4.79 Å². The van der Waals surface area contributed by atoms with Crippen LogP contribution in [0.1, 0.15) is 6.92 Å². The number of aryl methyl sites for hydroxylation is 1. The van der Waals surface area contributed by atoms with Crippen LogP contribution in [0.15, 0.2) is 30.5 Å². The number of benzene rings is 1. The molecule has 0 saturated heterocycles. The first-order valence-electron chi connectivity index (χ1n) is 4.50. The molecule has 1 heterocycles. The first-order chi connectivity index (χ1) is 6.68. The minimum absolute atomic E-state index is 0.0404. The highest BCUT2D eigenvalue weighted by Crippen LogP contribution is 2.24. The van der Waals surface area contributed by atoms with Crippen LogP contribution >= 0.6 is 0 Å². The summed E-state index contributed by atoms with van der Waals surface area (Å²) >= 11 is 0. The Bertz CT molecular complexity index is 485. The first kappa shape index (κ1) is 8.81. The van der Waals surface area contributed by atoms with E-state index < -0.39 is 0 Å². The molecule has 1 N–H and O–H groups in total. The van der Waals surface area contributed by atoms with Gasteiger partial charge in [-0.25, -0.2) is 0 Å². The lowest BCUT2D eigenvalue weighted by molar-refractivity contribution is -0.114. The number of amides is 1. The van der Waals surface area contributed by atoms with Crippen LogP contribution in [-0.4, -0.2) is 10.5 Å². The standard InChI is InChI=1S/C11H12N2O/c1-8(14)12-10-7-13(2)11-6-4-3-5-9(10)11/h3-7H,1-2H3,(H,12,14). The van der Waals surface area contributed by atoms with Crippen molar-refractivity contribution in [3.8, 4) is 0 Å². The van der Waals surface area contributed by atoms with Crippen LogP contribution in [0, 0.1) is 0 Å². The number of hydrogen-bond acceptors (Lipinski definition) is 1. The van der Waals surface area contributed by atoms with Gasteiger partial charge in [-0.3, -0.25) is 4.79 Å². The third-order valence-corrected chi connectivity index (χ3v) is 2.21. The number of para-hydroxylation sites is 1. The summed E-state index contributed by atoms with van der Waals surface area (Å²) in [6, 6.07) is 7.98. The van der Waals surface area contributed by atoms with E-state index in [4.69, 9.17) is 0 Å². The summed E-state index contributed by atoms with van der Waals surface area (Å²) in [5.41, 5.74) is 1.99. The average Bonchev–Trinajstić information content (AvgIpc) is 2.44. The molecule has 72 valence electrons.